The van der Waals surface area contributed by atoms with Gasteiger partial charge in [0.2, 0.25) is 11.7 Å². The Balaban J connectivity index is 1.29. The number of hydrogen-bond acceptors (Lipinski definition) is 8. The average Bonchev–Trinajstić information content (AvgIpc) is 3.47. The van der Waals surface area contributed by atoms with Crippen molar-refractivity contribution < 1.29 is 32.2 Å². The van der Waals surface area contributed by atoms with Crippen LogP contribution in [0.3, 0.4) is 0 Å². The number of amides is 2. The summed E-state index contributed by atoms with van der Waals surface area (Å²) in [5, 5.41) is 19.3. The number of nitro benzene ring substituents is 1. The summed E-state index contributed by atoms with van der Waals surface area (Å²) in [6.07, 6.45) is -4.73. The summed E-state index contributed by atoms with van der Waals surface area (Å²) in [5.41, 5.74) is 0.849. The van der Waals surface area contributed by atoms with E-state index in [-0.39, 0.29) is 48.0 Å². The molecule has 12 nitrogen and oxygen atoms in total. The van der Waals surface area contributed by atoms with Gasteiger partial charge in [0.15, 0.2) is 5.82 Å². The number of hydrogen-bond donors (Lipinski definition) is 2. The van der Waals surface area contributed by atoms with Gasteiger partial charge in [0, 0.05) is 25.2 Å². The number of para-hydroxylation sites is 2. The highest BCUT2D eigenvalue weighted by molar-refractivity contribution is 5.89. The normalized spacial score (nSPS) is 11.4. The first-order valence-corrected chi connectivity index (χ1v) is 10.7. The molecule has 0 bridgehead atoms. The van der Waals surface area contributed by atoms with Gasteiger partial charge in [-0.15, -0.1) is 0 Å². The number of benzene rings is 2. The van der Waals surface area contributed by atoms with Crippen LogP contribution in [-0.4, -0.2) is 49.5 Å². The first kappa shape index (κ1) is 25.3. The number of non-ortho nitro benzene ring substituents is 1. The van der Waals surface area contributed by atoms with E-state index in [0.29, 0.717) is 5.56 Å². The number of nitro groups is 1. The van der Waals surface area contributed by atoms with E-state index in [0.717, 1.165) is 4.57 Å². The van der Waals surface area contributed by atoms with E-state index in [1.54, 1.807) is 12.1 Å². The van der Waals surface area contributed by atoms with Crippen LogP contribution in [0.4, 0.5) is 18.9 Å². The summed E-state index contributed by atoms with van der Waals surface area (Å²) in [4.78, 5) is 41.9. The third-order valence-corrected chi connectivity index (χ3v) is 5.11. The molecule has 15 heteroatoms. The fourth-order valence-electron chi connectivity index (χ4n) is 3.44. The maximum atomic E-state index is 13.5. The van der Waals surface area contributed by atoms with E-state index in [9.17, 15) is 32.9 Å². The Morgan fingerprint density at radius 2 is 1.73 bits per heavy atom. The molecule has 0 spiro atoms. The van der Waals surface area contributed by atoms with Gasteiger partial charge in [-0.25, -0.2) is 4.98 Å². The lowest BCUT2D eigenvalue weighted by Gasteiger charge is -2.09. The van der Waals surface area contributed by atoms with E-state index in [1.807, 2.05) is 0 Å². The second kappa shape index (κ2) is 10.4. The molecule has 0 aliphatic rings. The zero-order chi connectivity index (χ0) is 26.6. The van der Waals surface area contributed by atoms with Crippen LogP contribution in [0.2, 0.25) is 0 Å². The van der Waals surface area contributed by atoms with Crippen molar-refractivity contribution in [3.8, 4) is 0 Å². The Bertz CT molecular complexity index is 1450. The molecule has 0 aliphatic heterocycles. The van der Waals surface area contributed by atoms with Crippen LogP contribution >= 0.6 is 0 Å². The lowest BCUT2D eigenvalue weighted by molar-refractivity contribution is -0.384. The molecule has 2 heterocycles. The molecule has 37 heavy (non-hydrogen) atoms. The zero-order valence-electron chi connectivity index (χ0n) is 18.9. The molecule has 2 amide bonds. The van der Waals surface area contributed by atoms with Gasteiger partial charge in [-0.2, -0.15) is 18.2 Å². The molecule has 0 fully saturated rings. The maximum absolute atomic E-state index is 13.5. The molecule has 0 unspecified atom stereocenters. The van der Waals surface area contributed by atoms with E-state index in [2.05, 4.69) is 25.8 Å². The molecule has 192 valence electrons. The fourth-order valence-corrected chi connectivity index (χ4v) is 3.44. The predicted octanol–water partition coefficient (Wildman–Crippen LogP) is 2.48. The van der Waals surface area contributed by atoms with Crippen molar-refractivity contribution in [1.82, 2.24) is 30.3 Å². The molecule has 4 rings (SSSR count). The molecule has 0 saturated carbocycles. The van der Waals surface area contributed by atoms with Crippen LogP contribution < -0.4 is 10.6 Å². The number of nitrogens with zero attached hydrogens (tertiary/aromatic N) is 5. The summed E-state index contributed by atoms with van der Waals surface area (Å²) >= 11 is 0. The number of alkyl halides is 3. The molecule has 2 aromatic carbocycles. The first-order valence-electron chi connectivity index (χ1n) is 10.7. The van der Waals surface area contributed by atoms with Gasteiger partial charge in [-0.1, -0.05) is 29.4 Å². The van der Waals surface area contributed by atoms with Gasteiger partial charge in [-0.3, -0.25) is 19.7 Å². The highest BCUT2D eigenvalue weighted by Gasteiger charge is 2.38. The number of fused-ring (bicyclic) bond motifs is 1. The summed E-state index contributed by atoms with van der Waals surface area (Å²) in [6.45, 7) is -0.355. The number of rotatable bonds is 9. The first-order chi connectivity index (χ1) is 17.6. The van der Waals surface area contributed by atoms with Gasteiger partial charge in [0.25, 0.3) is 5.69 Å². The molecule has 0 aliphatic carbocycles. The SMILES string of the molecule is O=C(Cc1ccc([N+](=O)[O-])cc1)NCCNC(=O)c1nc(Cn2c(C(F)(F)F)nc3ccccc32)no1. The molecular weight excluding hydrogens is 499 g/mol. The number of aromatic nitrogens is 4. The monoisotopic (exact) mass is 517 g/mol. The third kappa shape index (κ3) is 6.06. The summed E-state index contributed by atoms with van der Waals surface area (Å²) in [7, 11) is 0. The van der Waals surface area contributed by atoms with E-state index < -0.39 is 35.3 Å². The molecule has 2 N–H and O–H groups in total. The highest BCUT2D eigenvalue weighted by Crippen LogP contribution is 2.31. The second-order valence-electron chi connectivity index (χ2n) is 7.73. The molecule has 2 aromatic heterocycles. The molecule has 0 radical (unpaired) electrons. The van der Waals surface area contributed by atoms with Crippen LogP contribution in [0.15, 0.2) is 53.1 Å². The van der Waals surface area contributed by atoms with Crippen LogP contribution in [0.5, 0.6) is 0 Å². The van der Waals surface area contributed by atoms with Gasteiger partial charge in [0.05, 0.1) is 28.9 Å². The number of nitrogens with one attached hydrogen (secondary N) is 2. The lowest BCUT2D eigenvalue weighted by atomic mass is 10.1. The molecule has 0 saturated heterocycles. The number of carbonyl (C=O) groups excluding carboxylic acids is 2. The Hall–Kier alpha value is -4.82. The van der Waals surface area contributed by atoms with Crippen molar-refractivity contribution in [3.63, 3.8) is 0 Å². The number of halogens is 3. The minimum atomic E-state index is -4.72. The smallest absolute Gasteiger partial charge is 0.354 e. The average molecular weight is 517 g/mol. The molecule has 0 atom stereocenters. The number of carbonyl (C=O) groups is 2. The third-order valence-electron chi connectivity index (χ3n) is 5.11. The fraction of sp³-hybridized carbons (Fsp3) is 0.227. The summed E-state index contributed by atoms with van der Waals surface area (Å²) in [6, 6.07) is 11.6. The lowest BCUT2D eigenvalue weighted by Crippen LogP contribution is -2.35. The minimum Gasteiger partial charge on any atom is -0.354 e. The quantitative estimate of drug-likeness (QED) is 0.195. The van der Waals surface area contributed by atoms with Crippen molar-refractivity contribution in [2.24, 2.45) is 0 Å². The van der Waals surface area contributed by atoms with Crippen LogP contribution in [-0.2, 0) is 23.9 Å². The van der Waals surface area contributed by atoms with Crippen molar-refractivity contribution >= 4 is 28.5 Å². The van der Waals surface area contributed by atoms with Crippen LogP contribution in [0, 0.1) is 10.1 Å². The van der Waals surface area contributed by atoms with Gasteiger partial charge < -0.3 is 19.7 Å². The number of imidazole rings is 1. The minimum absolute atomic E-state index is 0.00687. The molecule has 4 aromatic rings. The Kier molecular flexibility index (Phi) is 7.13. The maximum Gasteiger partial charge on any atom is 0.449 e. The Labute approximate surface area is 205 Å². The van der Waals surface area contributed by atoms with Crippen molar-refractivity contribution in [2.75, 3.05) is 13.1 Å². The highest BCUT2D eigenvalue weighted by atomic mass is 19.4. The zero-order valence-corrected chi connectivity index (χ0v) is 18.9. The van der Waals surface area contributed by atoms with Crippen molar-refractivity contribution in [2.45, 2.75) is 19.1 Å². The van der Waals surface area contributed by atoms with Crippen LogP contribution in [0.1, 0.15) is 27.9 Å². The van der Waals surface area contributed by atoms with Crippen molar-refractivity contribution in [1.29, 1.82) is 0 Å². The predicted molar refractivity (Wildman–Crippen MR) is 120 cm³/mol. The topological polar surface area (TPSA) is 158 Å². The largest absolute Gasteiger partial charge is 0.449 e. The summed E-state index contributed by atoms with van der Waals surface area (Å²) in [5.74, 6) is -2.87. The molecular formula is C22H18F3N7O5. The summed E-state index contributed by atoms with van der Waals surface area (Å²) < 4.78 is 46.1. The van der Waals surface area contributed by atoms with Gasteiger partial charge in [-0.05, 0) is 17.7 Å². The van der Waals surface area contributed by atoms with Gasteiger partial charge in [0.1, 0.15) is 0 Å². The van der Waals surface area contributed by atoms with E-state index >= 15 is 0 Å². The Morgan fingerprint density at radius 1 is 1.03 bits per heavy atom. The van der Waals surface area contributed by atoms with Crippen LogP contribution in [0.25, 0.3) is 11.0 Å². The van der Waals surface area contributed by atoms with Crippen molar-refractivity contribution in [3.05, 3.63) is 81.7 Å². The van der Waals surface area contributed by atoms with E-state index in [4.69, 9.17) is 4.52 Å². The Morgan fingerprint density at radius 3 is 2.43 bits per heavy atom. The second-order valence-corrected chi connectivity index (χ2v) is 7.73. The van der Waals surface area contributed by atoms with E-state index in [1.165, 1.54) is 36.4 Å². The van der Waals surface area contributed by atoms with Gasteiger partial charge >= 0.3 is 18.0 Å². The standard InChI is InChI=1S/C22H18F3N7O5/c23-22(24,25)21-28-15-3-1-2-4-16(15)31(21)12-17-29-20(37-30-17)19(34)27-10-9-26-18(33)11-13-5-7-14(8-6-13)32(35)36/h1-8H,9-12H2,(H,26,33)(H,27,34).